The lowest BCUT2D eigenvalue weighted by atomic mass is 9.83. The molecular weight excluding hydrogens is 512 g/mol. The quantitative estimate of drug-likeness (QED) is 0.286. The fourth-order valence-corrected chi connectivity index (χ4v) is 5.31. The van der Waals surface area contributed by atoms with Crippen molar-refractivity contribution in [3.8, 4) is 0 Å². The molecule has 1 heterocycles. The van der Waals surface area contributed by atoms with Crippen LogP contribution in [0, 0.1) is 5.92 Å². The first-order valence-corrected chi connectivity index (χ1v) is 14.4. The van der Waals surface area contributed by atoms with Crippen LogP contribution in [0.25, 0.3) is 0 Å². The molecule has 1 aromatic rings. The average molecular weight is 561 g/mol. The van der Waals surface area contributed by atoms with E-state index in [1.165, 1.54) is 0 Å². The van der Waals surface area contributed by atoms with Gasteiger partial charge in [0.25, 0.3) is 0 Å². The Morgan fingerprint density at radius 3 is 2.12 bits per heavy atom. The number of carbonyl (C=O) groups excluding carboxylic acids is 3. The topological polar surface area (TPSA) is 94.6 Å². The van der Waals surface area contributed by atoms with Crippen molar-refractivity contribution < 1.29 is 33.3 Å². The fourth-order valence-electron chi connectivity index (χ4n) is 5.31. The van der Waals surface area contributed by atoms with Crippen molar-refractivity contribution in [2.45, 2.75) is 123 Å². The summed E-state index contributed by atoms with van der Waals surface area (Å²) in [6.07, 6.45) is 2.55. The molecule has 224 valence electrons. The van der Waals surface area contributed by atoms with E-state index in [2.05, 4.69) is 0 Å². The van der Waals surface area contributed by atoms with Crippen LogP contribution < -0.4 is 0 Å². The molecule has 9 nitrogen and oxygen atoms in total. The second kappa shape index (κ2) is 12.8. The molecule has 1 atom stereocenters. The molecular formula is C31H48N2O7. The molecule has 1 unspecified atom stereocenters. The van der Waals surface area contributed by atoms with Crippen LogP contribution in [0.5, 0.6) is 0 Å². The van der Waals surface area contributed by atoms with Gasteiger partial charge in [-0.15, -0.1) is 0 Å². The summed E-state index contributed by atoms with van der Waals surface area (Å²) in [5, 5.41) is 0. The Morgan fingerprint density at radius 2 is 1.55 bits per heavy atom. The van der Waals surface area contributed by atoms with Gasteiger partial charge in [-0.25, -0.2) is 9.59 Å². The van der Waals surface area contributed by atoms with Gasteiger partial charge in [0.05, 0.1) is 12.6 Å². The summed E-state index contributed by atoms with van der Waals surface area (Å²) in [7, 11) is 0. The van der Waals surface area contributed by atoms with E-state index in [0.29, 0.717) is 6.42 Å². The number of hydrogen-bond donors (Lipinski definition) is 0. The van der Waals surface area contributed by atoms with Crippen LogP contribution in [0.2, 0.25) is 0 Å². The lowest BCUT2D eigenvalue weighted by Crippen LogP contribution is -2.55. The highest BCUT2D eigenvalue weighted by Crippen LogP contribution is 2.34. The Morgan fingerprint density at radius 1 is 0.950 bits per heavy atom. The van der Waals surface area contributed by atoms with Crippen molar-refractivity contribution in [2.75, 3.05) is 13.2 Å². The number of esters is 1. The van der Waals surface area contributed by atoms with Crippen LogP contribution in [0.3, 0.4) is 0 Å². The van der Waals surface area contributed by atoms with Crippen molar-refractivity contribution in [3.05, 3.63) is 35.9 Å². The summed E-state index contributed by atoms with van der Waals surface area (Å²) in [5.41, 5.74) is -1.23. The minimum absolute atomic E-state index is 0.0735. The van der Waals surface area contributed by atoms with E-state index >= 15 is 0 Å². The second-order valence-electron chi connectivity index (χ2n) is 13.4. The summed E-state index contributed by atoms with van der Waals surface area (Å²) in [5.74, 6) is 0.00154. The van der Waals surface area contributed by atoms with Crippen molar-refractivity contribution >= 4 is 18.2 Å². The molecule has 2 fully saturated rings. The van der Waals surface area contributed by atoms with Gasteiger partial charge in [-0.3, -0.25) is 9.69 Å². The number of ether oxygens (including phenoxy) is 4. The van der Waals surface area contributed by atoms with Crippen LogP contribution in [-0.4, -0.2) is 70.1 Å². The van der Waals surface area contributed by atoms with Crippen LogP contribution in [-0.2, 0) is 30.3 Å². The number of hydrogen-bond acceptors (Lipinski definition) is 7. The largest absolute Gasteiger partial charge is 0.461 e. The molecule has 0 spiro atoms. The molecule has 0 N–H and O–H groups in total. The molecule has 1 aliphatic carbocycles. The Kier molecular flexibility index (Phi) is 10.1. The predicted octanol–water partition coefficient (Wildman–Crippen LogP) is 6.29. The molecule has 3 rings (SSSR count). The van der Waals surface area contributed by atoms with Crippen molar-refractivity contribution in [2.24, 2.45) is 5.92 Å². The van der Waals surface area contributed by atoms with Gasteiger partial charge < -0.3 is 23.8 Å². The Hall–Kier alpha value is -2.81. The highest BCUT2D eigenvalue weighted by molar-refractivity contribution is 5.71. The van der Waals surface area contributed by atoms with E-state index in [1.807, 2.05) is 85.7 Å². The highest BCUT2D eigenvalue weighted by atomic mass is 16.6. The van der Waals surface area contributed by atoms with Gasteiger partial charge in [0, 0.05) is 19.0 Å². The maximum atomic E-state index is 13.4. The molecule has 0 radical (unpaired) electrons. The van der Waals surface area contributed by atoms with Crippen molar-refractivity contribution in [1.82, 2.24) is 9.80 Å². The smallest absolute Gasteiger partial charge is 0.412 e. The third-order valence-corrected chi connectivity index (χ3v) is 7.15. The van der Waals surface area contributed by atoms with E-state index in [1.54, 1.807) is 9.80 Å². The molecule has 40 heavy (non-hydrogen) atoms. The molecule has 1 saturated heterocycles. The van der Waals surface area contributed by atoms with Gasteiger partial charge in [0.1, 0.15) is 23.5 Å². The summed E-state index contributed by atoms with van der Waals surface area (Å²) in [6, 6.07) is 9.19. The summed E-state index contributed by atoms with van der Waals surface area (Å²) < 4.78 is 22.9. The Labute approximate surface area is 239 Å². The third kappa shape index (κ3) is 9.39. The van der Waals surface area contributed by atoms with Crippen molar-refractivity contribution in [3.63, 3.8) is 0 Å². The first-order chi connectivity index (χ1) is 18.5. The van der Waals surface area contributed by atoms with E-state index in [9.17, 15) is 14.4 Å². The van der Waals surface area contributed by atoms with E-state index in [4.69, 9.17) is 18.9 Å². The second-order valence-corrected chi connectivity index (χ2v) is 13.4. The minimum atomic E-state index is -0.871. The summed E-state index contributed by atoms with van der Waals surface area (Å²) >= 11 is 0. The molecule has 2 amide bonds. The lowest BCUT2D eigenvalue weighted by Gasteiger charge is -2.41. The fraction of sp³-hybridized carbons (Fsp3) is 0.710. The van der Waals surface area contributed by atoms with Crippen LogP contribution in [0.15, 0.2) is 30.3 Å². The van der Waals surface area contributed by atoms with Gasteiger partial charge >= 0.3 is 18.2 Å². The molecule has 2 aliphatic rings. The van der Waals surface area contributed by atoms with E-state index in [0.717, 1.165) is 31.2 Å². The van der Waals surface area contributed by atoms with Crippen LogP contribution in [0.1, 0.15) is 93.1 Å². The first kappa shape index (κ1) is 31.7. The standard InChI is InChI=1S/C31H48N2O7/c1-29(2,3)39-27(35)32(19-25-21-38-31(7,8)33(25)28(36)40-30(4,5)6)24-16-14-22(15-17-24)18-26(34)37-20-23-12-10-9-11-13-23/h9-13,22,24-25H,14-21H2,1-8H3. The monoisotopic (exact) mass is 560 g/mol. The zero-order valence-electron chi connectivity index (χ0n) is 25.5. The molecule has 1 aromatic carbocycles. The molecule has 1 saturated carbocycles. The molecule has 0 aromatic heterocycles. The maximum absolute atomic E-state index is 13.4. The van der Waals surface area contributed by atoms with Crippen LogP contribution >= 0.6 is 0 Å². The number of amides is 2. The van der Waals surface area contributed by atoms with Gasteiger partial charge in [-0.1, -0.05) is 30.3 Å². The Balaban J connectivity index is 1.65. The van der Waals surface area contributed by atoms with Gasteiger partial charge in [-0.05, 0) is 92.6 Å². The Bertz CT molecular complexity index is 1000. The molecule has 0 bridgehead atoms. The van der Waals surface area contributed by atoms with Crippen LogP contribution in [0.4, 0.5) is 9.59 Å². The number of benzene rings is 1. The normalized spacial score (nSPS) is 22.9. The summed E-state index contributed by atoms with van der Waals surface area (Å²) in [4.78, 5) is 42.5. The average Bonchev–Trinajstić information content (AvgIpc) is 3.14. The van der Waals surface area contributed by atoms with Crippen molar-refractivity contribution in [1.29, 1.82) is 0 Å². The van der Waals surface area contributed by atoms with Gasteiger partial charge in [0.15, 0.2) is 0 Å². The zero-order valence-corrected chi connectivity index (χ0v) is 25.5. The highest BCUT2D eigenvalue weighted by Gasteiger charge is 2.47. The number of carbonyl (C=O) groups is 3. The zero-order chi connectivity index (χ0) is 29.7. The third-order valence-electron chi connectivity index (χ3n) is 7.15. The predicted molar refractivity (Wildman–Crippen MR) is 151 cm³/mol. The molecule has 9 heteroatoms. The minimum Gasteiger partial charge on any atom is -0.461 e. The first-order valence-electron chi connectivity index (χ1n) is 14.4. The lowest BCUT2D eigenvalue weighted by molar-refractivity contribution is -0.146. The summed E-state index contributed by atoms with van der Waals surface area (Å²) in [6.45, 7) is 15.5. The maximum Gasteiger partial charge on any atom is 0.412 e. The molecule has 1 aliphatic heterocycles. The van der Waals surface area contributed by atoms with Gasteiger partial charge in [-0.2, -0.15) is 0 Å². The SMILES string of the molecule is CC(C)(C)OC(=O)N(CC1COC(C)(C)N1C(=O)OC(C)(C)C)C1CCC(CC(=O)OCc2ccccc2)CC1. The number of nitrogens with zero attached hydrogens (tertiary/aromatic N) is 2. The van der Waals surface area contributed by atoms with Gasteiger partial charge in [0.2, 0.25) is 0 Å². The van der Waals surface area contributed by atoms with E-state index < -0.39 is 29.1 Å². The number of rotatable bonds is 7. The van der Waals surface area contributed by atoms with E-state index in [-0.39, 0.29) is 43.7 Å².